The average Bonchev–Trinajstić information content (AvgIpc) is 3.48. The van der Waals surface area contributed by atoms with Crippen LogP contribution in [0, 0.1) is 0 Å². The van der Waals surface area contributed by atoms with Gasteiger partial charge in [0.1, 0.15) is 28.6 Å². The third kappa shape index (κ3) is 4.93. The minimum Gasteiger partial charge on any atom is -0.508 e. The van der Waals surface area contributed by atoms with E-state index < -0.39 is 34.9 Å². The predicted molar refractivity (Wildman–Crippen MR) is 141 cm³/mol. The number of thioether (sulfide) groups is 1. The van der Waals surface area contributed by atoms with E-state index in [0.717, 1.165) is 21.8 Å². The fourth-order valence-electron chi connectivity index (χ4n) is 4.61. The fourth-order valence-corrected chi connectivity index (χ4v) is 6.46. The molecule has 4 heterocycles. The molecular weight excluding hydrogens is 548 g/mol. The lowest BCUT2D eigenvalue weighted by molar-refractivity contribution is -0.150. The van der Waals surface area contributed by atoms with Crippen LogP contribution in [0.1, 0.15) is 17.7 Å². The van der Waals surface area contributed by atoms with Crippen molar-refractivity contribution < 1.29 is 34.6 Å². The number of carbonyl (C=O) groups excluding carboxylic acids is 3. The maximum Gasteiger partial charge on any atom is 0.352 e. The monoisotopic (exact) mass is 570 g/mol. The number of carboxylic acids is 1. The number of rotatable bonds is 7. The molecular formula is C24H22N6O7S2. The first kappa shape index (κ1) is 26.2. The van der Waals surface area contributed by atoms with E-state index in [1.807, 2.05) is 0 Å². The number of fused-ring (bicyclic) bond motifs is 1. The van der Waals surface area contributed by atoms with Crippen LogP contribution in [-0.2, 0) is 25.7 Å². The molecule has 6 N–H and O–H groups in total. The van der Waals surface area contributed by atoms with Crippen molar-refractivity contribution in [2.75, 3.05) is 18.0 Å². The van der Waals surface area contributed by atoms with Crippen LogP contribution in [0.4, 0.5) is 5.13 Å². The summed E-state index contributed by atoms with van der Waals surface area (Å²) in [7, 11) is 0. The Morgan fingerprint density at radius 1 is 1.31 bits per heavy atom. The Kier molecular flexibility index (Phi) is 7.01. The van der Waals surface area contributed by atoms with E-state index in [2.05, 4.69) is 15.5 Å². The molecule has 2 aromatic rings. The highest BCUT2D eigenvalue weighted by Crippen LogP contribution is 2.41. The molecule has 0 aliphatic carbocycles. The van der Waals surface area contributed by atoms with E-state index in [0.29, 0.717) is 30.7 Å². The number of nitrogens with one attached hydrogen (secondary N) is 1. The van der Waals surface area contributed by atoms with Crippen LogP contribution in [-0.4, -0.2) is 83.3 Å². The zero-order chi connectivity index (χ0) is 27.8. The van der Waals surface area contributed by atoms with E-state index in [1.54, 1.807) is 23.1 Å². The van der Waals surface area contributed by atoms with Crippen LogP contribution in [0.3, 0.4) is 0 Å². The van der Waals surface area contributed by atoms with Gasteiger partial charge in [0.05, 0.1) is 0 Å². The molecule has 0 saturated carbocycles. The van der Waals surface area contributed by atoms with Crippen molar-refractivity contribution in [1.82, 2.24) is 20.1 Å². The highest BCUT2D eigenvalue weighted by Gasteiger charge is 2.54. The van der Waals surface area contributed by atoms with Crippen molar-refractivity contribution in [2.45, 2.75) is 24.4 Å². The first-order valence-electron chi connectivity index (χ1n) is 11.6. The molecule has 2 fully saturated rings. The fraction of sp³-hybridized carbons (Fsp3) is 0.250. The van der Waals surface area contributed by atoms with Crippen molar-refractivity contribution in [2.24, 2.45) is 5.16 Å². The second-order valence-electron chi connectivity index (χ2n) is 8.88. The van der Waals surface area contributed by atoms with Crippen molar-refractivity contribution in [1.29, 1.82) is 0 Å². The predicted octanol–water partition coefficient (Wildman–Crippen LogP) is 0.707. The lowest BCUT2D eigenvalue weighted by Gasteiger charge is -2.49. The summed E-state index contributed by atoms with van der Waals surface area (Å²) in [4.78, 5) is 57.5. The molecule has 15 heteroatoms. The van der Waals surface area contributed by atoms with Crippen molar-refractivity contribution in [3.05, 3.63) is 63.8 Å². The van der Waals surface area contributed by atoms with Gasteiger partial charge in [0, 0.05) is 29.8 Å². The smallest absolute Gasteiger partial charge is 0.352 e. The number of carbonyl (C=O) groups is 4. The van der Waals surface area contributed by atoms with E-state index in [4.69, 9.17) is 5.73 Å². The zero-order valence-corrected chi connectivity index (χ0v) is 21.7. The Morgan fingerprint density at radius 2 is 2.10 bits per heavy atom. The van der Waals surface area contributed by atoms with Gasteiger partial charge in [0.25, 0.3) is 11.8 Å². The number of nitrogens with two attached hydrogens (primary N) is 1. The molecule has 1 aromatic carbocycles. The number of hydrogen-bond donors (Lipinski definition) is 5. The highest BCUT2D eigenvalue weighted by atomic mass is 32.2. The number of aliphatic carboxylic acids is 1. The summed E-state index contributed by atoms with van der Waals surface area (Å²) in [5.74, 6) is -2.80. The molecule has 5 rings (SSSR count). The first-order chi connectivity index (χ1) is 18.7. The topological polar surface area (TPSA) is 199 Å². The minimum atomic E-state index is -1.33. The Bertz CT molecular complexity index is 1480. The molecule has 202 valence electrons. The second kappa shape index (κ2) is 10.4. The van der Waals surface area contributed by atoms with E-state index in [1.165, 1.54) is 29.3 Å². The number of amides is 3. The SMILES string of the molecule is Nc1nc(C(=NO)C(=O)N[C@@H]2C(=O)N3C(C(=O)O)=C(C=C4CCN(Cc5cccc(O)c5)C4=O)CS[C@H]23)cs1. The van der Waals surface area contributed by atoms with Gasteiger partial charge >= 0.3 is 5.97 Å². The molecule has 0 unspecified atom stereocenters. The van der Waals surface area contributed by atoms with Crippen LogP contribution in [0.25, 0.3) is 0 Å². The number of anilines is 1. The van der Waals surface area contributed by atoms with Crippen molar-refractivity contribution in [3.63, 3.8) is 0 Å². The summed E-state index contributed by atoms with van der Waals surface area (Å²) in [6, 6.07) is 5.55. The maximum atomic E-state index is 13.0. The molecule has 0 bridgehead atoms. The molecule has 3 amide bonds. The Labute approximate surface area is 229 Å². The largest absolute Gasteiger partial charge is 0.508 e. The molecule has 2 saturated heterocycles. The van der Waals surface area contributed by atoms with Crippen LogP contribution >= 0.6 is 23.1 Å². The number of nitrogens with zero attached hydrogens (tertiary/aromatic N) is 4. The van der Waals surface area contributed by atoms with Crippen LogP contribution in [0.5, 0.6) is 5.75 Å². The molecule has 1 aromatic heterocycles. The maximum absolute atomic E-state index is 13.0. The van der Waals surface area contributed by atoms with Gasteiger partial charge < -0.3 is 31.4 Å². The number of thiazole rings is 1. The normalized spacial score (nSPS) is 22.3. The number of phenols is 1. The van der Waals surface area contributed by atoms with Gasteiger partial charge in [-0.05, 0) is 35.8 Å². The molecule has 3 aliphatic heterocycles. The van der Waals surface area contributed by atoms with E-state index in [9.17, 15) is 34.6 Å². The summed E-state index contributed by atoms with van der Waals surface area (Å²) in [6.07, 6.45) is 1.93. The number of aromatic hydroxyl groups is 1. The number of allylic oxidation sites excluding steroid dienone is 1. The van der Waals surface area contributed by atoms with E-state index in [-0.39, 0.29) is 33.9 Å². The van der Waals surface area contributed by atoms with Crippen LogP contribution in [0.15, 0.2) is 57.7 Å². The first-order valence-corrected chi connectivity index (χ1v) is 13.5. The van der Waals surface area contributed by atoms with Crippen LogP contribution < -0.4 is 11.1 Å². The lowest BCUT2D eigenvalue weighted by atomic mass is 10.0. The molecule has 39 heavy (non-hydrogen) atoms. The molecule has 0 radical (unpaired) electrons. The summed E-state index contributed by atoms with van der Waals surface area (Å²) >= 11 is 2.28. The molecule has 13 nitrogen and oxygen atoms in total. The third-order valence-electron chi connectivity index (χ3n) is 6.41. The van der Waals surface area contributed by atoms with Crippen molar-refractivity contribution in [3.8, 4) is 5.75 Å². The summed E-state index contributed by atoms with van der Waals surface area (Å²) in [5.41, 5.74) is 6.44. The van der Waals surface area contributed by atoms with Crippen molar-refractivity contribution >= 4 is 57.6 Å². The number of hydrogen-bond acceptors (Lipinski definition) is 11. The Balaban J connectivity index is 1.32. The zero-order valence-electron chi connectivity index (χ0n) is 20.1. The number of phenolic OH excluding ortho intramolecular Hbond substituents is 1. The van der Waals surface area contributed by atoms with Crippen LogP contribution in [0.2, 0.25) is 0 Å². The molecule has 0 spiro atoms. The van der Waals surface area contributed by atoms with Gasteiger partial charge in [-0.15, -0.1) is 23.1 Å². The number of nitrogen functional groups attached to an aromatic ring is 1. The quantitative estimate of drug-likeness (QED) is 0.104. The average molecular weight is 571 g/mol. The third-order valence-corrected chi connectivity index (χ3v) is 8.39. The van der Waals surface area contributed by atoms with Gasteiger partial charge in [0.2, 0.25) is 5.91 Å². The van der Waals surface area contributed by atoms with Gasteiger partial charge in [0.15, 0.2) is 10.8 Å². The molecule has 3 aliphatic rings. The number of β-lactam (4-membered cyclic amide) rings is 1. The molecule has 2 atom stereocenters. The Morgan fingerprint density at radius 3 is 2.77 bits per heavy atom. The lowest BCUT2D eigenvalue weighted by Crippen LogP contribution is -2.71. The number of likely N-dealkylation sites (tertiary alicyclic amines) is 1. The summed E-state index contributed by atoms with van der Waals surface area (Å²) < 4.78 is 0. The summed E-state index contributed by atoms with van der Waals surface area (Å²) in [5, 5.41) is 35.3. The van der Waals surface area contributed by atoms with E-state index >= 15 is 0 Å². The number of oxime groups is 1. The summed E-state index contributed by atoms with van der Waals surface area (Å²) in [6.45, 7) is 0.729. The minimum absolute atomic E-state index is 0.0387. The second-order valence-corrected chi connectivity index (χ2v) is 10.9. The van der Waals surface area contributed by atoms with Gasteiger partial charge in [-0.25, -0.2) is 9.78 Å². The standard InChI is InChI=1S/C24H22N6O7S2/c25-24-26-15(10-39-24)16(28-37)19(32)27-17-21(34)30-18(23(35)36)13(9-38-22(17)30)7-12-4-5-29(20(12)33)8-11-2-1-3-14(31)6-11/h1-3,6-7,10,17,22,31,37H,4-5,8-9H2,(H2,25,26)(H,27,32)(H,35,36)/t17-,22-/m1/s1. The highest BCUT2D eigenvalue weighted by molar-refractivity contribution is 8.00. The number of aromatic nitrogens is 1. The van der Waals surface area contributed by atoms with Gasteiger partial charge in [-0.3, -0.25) is 19.3 Å². The number of carboxylic acid groups (broad SMARTS) is 1. The Hall–Kier alpha value is -4.37. The van der Waals surface area contributed by atoms with Gasteiger partial charge in [-0.2, -0.15) is 0 Å². The van der Waals surface area contributed by atoms with Gasteiger partial charge in [-0.1, -0.05) is 17.3 Å². The number of benzene rings is 1.